The maximum absolute atomic E-state index is 12.8. The van der Waals surface area contributed by atoms with Crippen LogP contribution in [0.4, 0.5) is 0 Å². The molecule has 0 spiro atoms. The Bertz CT molecular complexity index is 347. The zero-order valence-electron chi connectivity index (χ0n) is 13.7. The number of likely N-dealkylation sites (tertiary alicyclic amines) is 1. The van der Waals surface area contributed by atoms with Crippen molar-refractivity contribution in [2.45, 2.75) is 65.8 Å². The van der Waals surface area contributed by atoms with Crippen molar-refractivity contribution in [3.8, 4) is 0 Å². The van der Waals surface area contributed by atoms with Crippen molar-refractivity contribution in [2.24, 2.45) is 28.9 Å². The molecule has 116 valence electrons. The Morgan fingerprint density at radius 2 is 1.80 bits per heavy atom. The third-order valence-electron chi connectivity index (χ3n) is 6.14. The summed E-state index contributed by atoms with van der Waals surface area (Å²) in [5.41, 5.74) is 6.64. The quantitative estimate of drug-likeness (QED) is 0.845. The Balaban J connectivity index is 1.95. The van der Waals surface area contributed by atoms with Gasteiger partial charge in [0.15, 0.2) is 0 Å². The average molecular weight is 280 g/mol. The molecule has 1 saturated carbocycles. The van der Waals surface area contributed by atoms with Crippen LogP contribution in [0.2, 0.25) is 0 Å². The summed E-state index contributed by atoms with van der Waals surface area (Å²) >= 11 is 0. The van der Waals surface area contributed by atoms with E-state index in [9.17, 15) is 4.79 Å². The van der Waals surface area contributed by atoms with Crippen molar-refractivity contribution in [3.05, 3.63) is 0 Å². The first-order valence-electron chi connectivity index (χ1n) is 8.40. The Labute approximate surface area is 124 Å². The second-order valence-corrected chi connectivity index (χ2v) is 7.69. The molecule has 4 atom stereocenters. The topological polar surface area (TPSA) is 46.3 Å². The molecule has 0 bridgehead atoms. The average Bonchev–Trinajstić information content (AvgIpc) is 2.43. The summed E-state index contributed by atoms with van der Waals surface area (Å²) in [6.45, 7) is 11.0. The Kier molecular flexibility index (Phi) is 4.78. The van der Waals surface area contributed by atoms with Gasteiger partial charge in [0.1, 0.15) is 0 Å². The highest BCUT2D eigenvalue weighted by Crippen LogP contribution is 2.37. The van der Waals surface area contributed by atoms with Gasteiger partial charge in [0.2, 0.25) is 5.91 Å². The van der Waals surface area contributed by atoms with Crippen LogP contribution in [-0.4, -0.2) is 29.9 Å². The van der Waals surface area contributed by atoms with Gasteiger partial charge in [0.05, 0.1) is 0 Å². The molecule has 1 aliphatic carbocycles. The lowest BCUT2D eigenvalue weighted by Gasteiger charge is -2.43. The first-order valence-corrected chi connectivity index (χ1v) is 8.40. The second-order valence-electron chi connectivity index (χ2n) is 7.69. The standard InChI is InChI=1S/C17H32N2O/c1-5-17(4)6-8-19(9-7-17)16(20)14-11-15(18)13(3)10-12(14)2/h12-15H,5-11,18H2,1-4H3. The molecule has 1 saturated heterocycles. The van der Waals surface area contributed by atoms with Crippen molar-refractivity contribution in [1.29, 1.82) is 0 Å². The van der Waals surface area contributed by atoms with Gasteiger partial charge < -0.3 is 10.6 Å². The number of rotatable bonds is 2. The minimum atomic E-state index is 0.159. The monoisotopic (exact) mass is 280 g/mol. The third-order valence-corrected chi connectivity index (χ3v) is 6.14. The van der Waals surface area contributed by atoms with Gasteiger partial charge in [-0.25, -0.2) is 0 Å². The summed E-state index contributed by atoms with van der Waals surface area (Å²) in [6, 6.07) is 0.200. The summed E-state index contributed by atoms with van der Waals surface area (Å²) in [4.78, 5) is 14.9. The molecule has 4 unspecified atom stereocenters. The van der Waals surface area contributed by atoms with Gasteiger partial charge >= 0.3 is 0 Å². The third kappa shape index (κ3) is 3.19. The molecule has 3 heteroatoms. The van der Waals surface area contributed by atoms with E-state index in [2.05, 4.69) is 32.6 Å². The zero-order chi connectivity index (χ0) is 14.9. The van der Waals surface area contributed by atoms with E-state index in [-0.39, 0.29) is 12.0 Å². The number of nitrogens with zero attached hydrogens (tertiary/aromatic N) is 1. The van der Waals surface area contributed by atoms with Crippen LogP contribution < -0.4 is 5.73 Å². The van der Waals surface area contributed by atoms with E-state index < -0.39 is 0 Å². The molecule has 3 nitrogen and oxygen atoms in total. The molecule has 1 aliphatic heterocycles. The van der Waals surface area contributed by atoms with Crippen LogP contribution in [0.15, 0.2) is 0 Å². The molecule has 2 aliphatic rings. The van der Waals surface area contributed by atoms with Gasteiger partial charge in [0.25, 0.3) is 0 Å². The lowest BCUT2D eigenvalue weighted by Crippen LogP contribution is -2.49. The summed E-state index contributed by atoms with van der Waals surface area (Å²) < 4.78 is 0. The van der Waals surface area contributed by atoms with Crippen LogP contribution in [0, 0.1) is 23.2 Å². The highest BCUT2D eigenvalue weighted by molar-refractivity contribution is 5.79. The number of carbonyl (C=O) groups is 1. The van der Waals surface area contributed by atoms with Crippen LogP contribution in [0.25, 0.3) is 0 Å². The van der Waals surface area contributed by atoms with Crippen molar-refractivity contribution in [2.75, 3.05) is 13.1 Å². The Morgan fingerprint density at radius 1 is 1.20 bits per heavy atom. The summed E-state index contributed by atoms with van der Waals surface area (Å²) in [5.74, 6) is 1.57. The fourth-order valence-corrected chi connectivity index (χ4v) is 3.88. The van der Waals surface area contributed by atoms with E-state index in [4.69, 9.17) is 5.73 Å². The molecule has 0 aromatic carbocycles. The molecule has 2 rings (SSSR count). The van der Waals surface area contributed by atoms with Gasteiger partial charge in [-0.05, 0) is 42.9 Å². The van der Waals surface area contributed by atoms with Crippen molar-refractivity contribution in [1.82, 2.24) is 4.90 Å². The van der Waals surface area contributed by atoms with Gasteiger partial charge in [-0.15, -0.1) is 0 Å². The number of amides is 1. The van der Waals surface area contributed by atoms with E-state index in [1.807, 2.05) is 0 Å². The summed E-state index contributed by atoms with van der Waals surface area (Å²) in [6.07, 6.45) is 5.50. The Hall–Kier alpha value is -0.570. The first kappa shape index (κ1) is 15.8. The second kappa shape index (κ2) is 6.05. The van der Waals surface area contributed by atoms with E-state index in [0.29, 0.717) is 23.2 Å². The van der Waals surface area contributed by atoms with Crippen molar-refractivity contribution >= 4 is 5.91 Å². The first-order chi connectivity index (χ1) is 9.36. The minimum Gasteiger partial charge on any atom is -0.342 e. The van der Waals surface area contributed by atoms with E-state index >= 15 is 0 Å². The summed E-state index contributed by atoms with van der Waals surface area (Å²) in [5, 5.41) is 0. The highest BCUT2D eigenvalue weighted by atomic mass is 16.2. The zero-order valence-corrected chi connectivity index (χ0v) is 13.7. The van der Waals surface area contributed by atoms with Crippen molar-refractivity contribution < 1.29 is 4.79 Å². The Morgan fingerprint density at radius 3 is 2.35 bits per heavy atom. The molecular weight excluding hydrogens is 248 g/mol. The number of hydrogen-bond donors (Lipinski definition) is 1. The molecule has 1 amide bonds. The number of nitrogens with two attached hydrogens (primary N) is 1. The SMILES string of the molecule is CCC1(C)CCN(C(=O)C2CC(N)C(C)CC2C)CC1. The number of piperidine rings is 1. The number of carbonyl (C=O) groups excluding carboxylic acids is 1. The highest BCUT2D eigenvalue weighted by Gasteiger charge is 2.39. The minimum absolute atomic E-state index is 0.159. The molecule has 0 aromatic rings. The molecule has 0 aromatic heterocycles. The van der Waals surface area contributed by atoms with Gasteiger partial charge in [-0.3, -0.25) is 4.79 Å². The lowest BCUT2D eigenvalue weighted by atomic mass is 9.72. The molecule has 0 radical (unpaired) electrons. The van der Waals surface area contributed by atoms with Gasteiger partial charge in [-0.2, -0.15) is 0 Å². The van der Waals surface area contributed by atoms with E-state index in [0.717, 1.165) is 38.8 Å². The fourth-order valence-electron chi connectivity index (χ4n) is 3.88. The normalized spacial score (nSPS) is 37.8. The molecule has 20 heavy (non-hydrogen) atoms. The van der Waals surface area contributed by atoms with Crippen LogP contribution in [-0.2, 0) is 4.79 Å². The largest absolute Gasteiger partial charge is 0.342 e. The van der Waals surface area contributed by atoms with E-state index in [1.165, 1.54) is 6.42 Å². The van der Waals surface area contributed by atoms with Crippen LogP contribution >= 0.6 is 0 Å². The smallest absolute Gasteiger partial charge is 0.226 e. The predicted octanol–water partition coefficient (Wildman–Crippen LogP) is 3.03. The van der Waals surface area contributed by atoms with E-state index in [1.54, 1.807) is 0 Å². The number of hydrogen-bond acceptors (Lipinski definition) is 2. The fraction of sp³-hybridized carbons (Fsp3) is 0.941. The van der Waals surface area contributed by atoms with Crippen LogP contribution in [0.5, 0.6) is 0 Å². The maximum atomic E-state index is 12.8. The van der Waals surface area contributed by atoms with Crippen molar-refractivity contribution in [3.63, 3.8) is 0 Å². The lowest BCUT2D eigenvalue weighted by molar-refractivity contribution is -0.141. The van der Waals surface area contributed by atoms with Gasteiger partial charge in [-0.1, -0.05) is 34.1 Å². The van der Waals surface area contributed by atoms with Crippen LogP contribution in [0.3, 0.4) is 0 Å². The molecule has 2 N–H and O–H groups in total. The van der Waals surface area contributed by atoms with Crippen LogP contribution in [0.1, 0.15) is 59.8 Å². The summed E-state index contributed by atoms with van der Waals surface area (Å²) in [7, 11) is 0. The molecule has 2 fully saturated rings. The molecular formula is C17H32N2O. The molecule has 1 heterocycles. The predicted molar refractivity (Wildman–Crippen MR) is 83.2 cm³/mol. The maximum Gasteiger partial charge on any atom is 0.226 e. The van der Waals surface area contributed by atoms with Gasteiger partial charge in [0, 0.05) is 25.0 Å².